The van der Waals surface area contributed by atoms with Crippen molar-refractivity contribution in [3.05, 3.63) is 38.3 Å². The molecule has 0 saturated heterocycles. The van der Waals surface area contributed by atoms with Gasteiger partial charge in [-0.25, -0.2) is 0 Å². The van der Waals surface area contributed by atoms with Crippen LogP contribution in [0.3, 0.4) is 0 Å². The van der Waals surface area contributed by atoms with Gasteiger partial charge in [0.15, 0.2) is 0 Å². The molecule has 0 heterocycles. The lowest BCUT2D eigenvalue weighted by Gasteiger charge is -2.07. The number of non-ortho nitro benzene ring substituents is 1. The van der Waals surface area contributed by atoms with Gasteiger partial charge in [0, 0.05) is 22.6 Å². The van der Waals surface area contributed by atoms with E-state index in [-0.39, 0.29) is 11.7 Å². The molecule has 0 aliphatic rings. The highest BCUT2D eigenvalue weighted by atomic mass is 79.9. The smallest absolute Gasteiger partial charge is 0.270 e. The molecule has 70 valence electrons. The molecule has 0 saturated carbocycles. The van der Waals surface area contributed by atoms with E-state index in [2.05, 4.69) is 15.9 Å². The van der Waals surface area contributed by atoms with E-state index in [1.807, 2.05) is 6.92 Å². The maximum absolute atomic E-state index is 10.4. The van der Waals surface area contributed by atoms with Gasteiger partial charge in [-0.1, -0.05) is 15.9 Å². The van der Waals surface area contributed by atoms with Crippen LogP contribution in [0.4, 0.5) is 5.69 Å². The Labute approximate surface area is 84.0 Å². The Kier molecular flexibility index (Phi) is 3.00. The summed E-state index contributed by atoms with van der Waals surface area (Å²) in [5.41, 5.74) is 6.57. The Morgan fingerprint density at radius 3 is 2.62 bits per heavy atom. The van der Waals surface area contributed by atoms with E-state index in [9.17, 15) is 10.1 Å². The lowest BCUT2D eigenvalue weighted by Crippen LogP contribution is -2.05. The average molecular weight is 245 g/mol. The quantitative estimate of drug-likeness (QED) is 0.642. The van der Waals surface area contributed by atoms with Gasteiger partial charge in [0.2, 0.25) is 0 Å². The monoisotopic (exact) mass is 244 g/mol. The normalized spacial score (nSPS) is 12.5. The molecule has 1 aromatic carbocycles. The molecule has 0 fully saturated rings. The standard InChI is InChI=1S/C8H9BrN2O2/c1-5(10)7-3-2-6(11(12)13)4-8(7)9/h2-5H,10H2,1H3/t5-/m1/s1. The molecule has 0 spiro atoms. The number of hydrogen-bond donors (Lipinski definition) is 1. The zero-order chi connectivity index (χ0) is 10.0. The van der Waals surface area contributed by atoms with Gasteiger partial charge in [-0.3, -0.25) is 10.1 Å². The van der Waals surface area contributed by atoms with Crippen LogP contribution < -0.4 is 5.73 Å². The molecule has 0 amide bonds. The van der Waals surface area contributed by atoms with Crippen LogP contribution in [-0.2, 0) is 0 Å². The lowest BCUT2D eigenvalue weighted by molar-refractivity contribution is -0.384. The minimum atomic E-state index is -0.435. The number of nitro groups is 1. The Morgan fingerprint density at radius 2 is 2.23 bits per heavy atom. The fourth-order valence-corrected chi connectivity index (χ4v) is 1.73. The molecule has 0 aliphatic carbocycles. The van der Waals surface area contributed by atoms with E-state index in [0.717, 1.165) is 5.56 Å². The second kappa shape index (κ2) is 3.85. The summed E-state index contributed by atoms with van der Waals surface area (Å²) >= 11 is 3.23. The highest BCUT2D eigenvalue weighted by Crippen LogP contribution is 2.26. The first-order valence-electron chi connectivity index (χ1n) is 3.72. The number of nitrogens with two attached hydrogens (primary N) is 1. The van der Waals surface area contributed by atoms with Crippen LogP contribution in [0.25, 0.3) is 0 Å². The molecule has 5 heteroatoms. The predicted octanol–water partition coefficient (Wildman–Crippen LogP) is 2.38. The third kappa shape index (κ3) is 2.26. The summed E-state index contributed by atoms with van der Waals surface area (Å²) in [6.45, 7) is 1.83. The van der Waals surface area contributed by atoms with Crippen LogP contribution in [0.15, 0.2) is 22.7 Å². The van der Waals surface area contributed by atoms with Crippen molar-refractivity contribution < 1.29 is 4.92 Å². The van der Waals surface area contributed by atoms with Gasteiger partial charge in [-0.2, -0.15) is 0 Å². The molecule has 0 bridgehead atoms. The van der Waals surface area contributed by atoms with E-state index in [1.165, 1.54) is 12.1 Å². The zero-order valence-electron chi connectivity index (χ0n) is 7.03. The number of nitro benzene ring substituents is 1. The highest BCUT2D eigenvalue weighted by molar-refractivity contribution is 9.10. The van der Waals surface area contributed by atoms with Gasteiger partial charge in [0.05, 0.1) is 4.92 Å². The van der Waals surface area contributed by atoms with E-state index in [4.69, 9.17) is 5.73 Å². The second-order valence-electron chi connectivity index (χ2n) is 2.75. The van der Waals surface area contributed by atoms with Crippen molar-refractivity contribution in [3.63, 3.8) is 0 Å². The van der Waals surface area contributed by atoms with Crippen LogP contribution in [0.1, 0.15) is 18.5 Å². The lowest BCUT2D eigenvalue weighted by atomic mass is 10.1. The van der Waals surface area contributed by atoms with Crippen LogP contribution in [0.2, 0.25) is 0 Å². The first-order chi connectivity index (χ1) is 6.02. The van der Waals surface area contributed by atoms with Gasteiger partial charge in [0.25, 0.3) is 5.69 Å². The molecule has 0 radical (unpaired) electrons. The third-order valence-electron chi connectivity index (χ3n) is 1.69. The number of rotatable bonds is 2. The summed E-state index contributed by atoms with van der Waals surface area (Å²) in [4.78, 5) is 9.95. The summed E-state index contributed by atoms with van der Waals surface area (Å²) in [5, 5.41) is 10.4. The van der Waals surface area contributed by atoms with Gasteiger partial charge in [-0.15, -0.1) is 0 Å². The van der Waals surface area contributed by atoms with Crippen molar-refractivity contribution >= 4 is 21.6 Å². The third-order valence-corrected chi connectivity index (χ3v) is 2.37. The van der Waals surface area contributed by atoms with Gasteiger partial charge in [0.1, 0.15) is 0 Å². The number of benzene rings is 1. The summed E-state index contributed by atoms with van der Waals surface area (Å²) < 4.78 is 0.678. The molecule has 1 aromatic rings. The molecular formula is C8H9BrN2O2. The SMILES string of the molecule is C[C@@H](N)c1ccc([N+](=O)[O-])cc1Br. The Balaban J connectivity index is 3.13. The fourth-order valence-electron chi connectivity index (χ4n) is 0.999. The number of hydrogen-bond acceptors (Lipinski definition) is 3. The van der Waals surface area contributed by atoms with Crippen molar-refractivity contribution in [1.82, 2.24) is 0 Å². The number of nitrogens with zero attached hydrogens (tertiary/aromatic N) is 1. The maximum Gasteiger partial charge on any atom is 0.270 e. The fraction of sp³-hybridized carbons (Fsp3) is 0.250. The van der Waals surface area contributed by atoms with E-state index >= 15 is 0 Å². The topological polar surface area (TPSA) is 69.2 Å². The molecule has 1 rings (SSSR count). The highest BCUT2D eigenvalue weighted by Gasteiger charge is 2.10. The Morgan fingerprint density at radius 1 is 1.62 bits per heavy atom. The summed E-state index contributed by atoms with van der Waals surface area (Å²) in [6, 6.07) is 4.44. The first kappa shape index (κ1) is 10.1. The average Bonchev–Trinajstić information content (AvgIpc) is 2.03. The molecule has 0 aliphatic heterocycles. The van der Waals surface area contributed by atoms with Crippen LogP contribution >= 0.6 is 15.9 Å². The maximum atomic E-state index is 10.4. The molecule has 0 unspecified atom stereocenters. The van der Waals surface area contributed by atoms with Crippen molar-refractivity contribution in [1.29, 1.82) is 0 Å². The molecular weight excluding hydrogens is 236 g/mol. The Hall–Kier alpha value is -0.940. The van der Waals surface area contributed by atoms with Crippen molar-refractivity contribution in [2.45, 2.75) is 13.0 Å². The van der Waals surface area contributed by atoms with Gasteiger partial charge >= 0.3 is 0 Å². The van der Waals surface area contributed by atoms with E-state index in [0.29, 0.717) is 4.47 Å². The number of halogens is 1. The molecule has 13 heavy (non-hydrogen) atoms. The zero-order valence-corrected chi connectivity index (χ0v) is 8.61. The van der Waals surface area contributed by atoms with Gasteiger partial charge < -0.3 is 5.73 Å². The minimum absolute atomic E-state index is 0.0660. The van der Waals surface area contributed by atoms with E-state index < -0.39 is 4.92 Å². The van der Waals surface area contributed by atoms with Gasteiger partial charge in [-0.05, 0) is 18.6 Å². The molecule has 0 aromatic heterocycles. The van der Waals surface area contributed by atoms with E-state index in [1.54, 1.807) is 6.07 Å². The first-order valence-corrected chi connectivity index (χ1v) is 4.51. The van der Waals surface area contributed by atoms with Crippen LogP contribution in [0.5, 0.6) is 0 Å². The van der Waals surface area contributed by atoms with Crippen molar-refractivity contribution in [2.75, 3.05) is 0 Å². The summed E-state index contributed by atoms with van der Waals surface area (Å²) in [5.74, 6) is 0. The second-order valence-corrected chi connectivity index (χ2v) is 3.61. The summed E-state index contributed by atoms with van der Waals surface area (Å²) in [6.07, 6.45) is 0. The van der Waals surface area contributed by atoms with Crippen LogP contribution in [-0.4, -0.2) is 4.92 Å². The molecule has 1 atom stereocenters. The van der Waals surface area contributed by atoms with Crippen molar-refractivity contribution in [2.24, 2.45) is 5.73 Å². The Bertz CT molecular complexity index is 339. The molecule has 4 nitrogen and oxygen atoms in total. The predicted molar refractivity (Wildman–Crippen MR) is 53.4 cm³/mol. The summed E-state index contributed by atoms with van der Waals surface area (Å²) in [7, 11) is 0. The minimum Gasteiger partial charge on any atom is -0.324 e. The van der Waals surface area contributed by atoms with Crippen LogP contribution in [0, 0.1) is 10.1 Å². The molecule has 2 N–H and O–H groups in total. The largest absolute Gasteiger partial charge is 0.324 e. The van der Waals surface area contributed by atoms with Crippen molar-refractivity contribution in [3.8, 4) is 0 Å².